The second-order valence-corrected chi connectivity index (χ2v) is 7.87. The van der Waals surface area contributed by atoms with Gasteiger partial charge in [-0.15, -0.1) is 0 Å². The summed E-state index contributed by atoms with van der Waals surface area (Å²) in [5.41, 5.74) is 5.51. The zero-order chi connectivity index (χ0) is 16.8. The molecular weight excluding hydrogens is 306 g/mol. The Morgan fingerprint density at radius 3 is 2.24 bits per heavy atom. The maximum Gasteiger partial charge on any atom is 0.230 e. The van der Waals surface area contributed by atoms with Crippen LogP contribution in [-0.2, 0) is 17.6 Å². The molecule has 0 bridgehead atoms. The summed E-state index contributed by atoms with van der Waals surface area (Å²) in [6, 6.07) is 18.1. The molecule has 3 aliphatic rings. The van der Waals surface area contributed by atoms with Crippen LogP contribution in [-0.4, -0.2) is 16.8 Å². The second kappa shape index (κ2) is 6.01. The van der Waals surface area contributed by atoms with Crippen LogP contribution in [0.2, 0.25) is 0 Å². The summed E-state index contributed by atoms with van der Waals surface area (Å²) >= 11 is 0. The van der Waals surface area contributed by atoms with Crippen LogP contribution in [0.3, 0.4) is 0 Å². The van der Waals surface area contributed by atoms with Crippen LogP contribution in [0.1, 0.15) is 66.3 Å². The van der Waals surface area contributed by atoms with E-state index in [1.807, 2.05) is 0 Å². The van der Waals surface area contributed by atoms with Gasteiger partial charge in [-0.1, -0.05) is 48.5 Å². The molecule has 0 spiro atoms. The number of nitrogens with zero attached hydrogens (tertiary/aromatic N) is 1. The predicted octanol–water partition coefficient (Wildman–Crippen LogP) is 4.79. The van der Waals surface area contributed by atoms with E-state index in [2.05, 4.69) is 53.4 Å². The van der Waals surface area contributed by atoms with Gasteiger partial charge in [0, 0.05) is 6.04 Å². The van der Waals surface area contributed by atoms with Gasteiger partial charge in [0.1, 0.15) is 0 Å². The van der Waals surface area contributed by atoms with Crippen molar-refractivity contribution in [3.05, 3.63) is 70.8 Å². The molecule has 2 aromatic carbocycles. The fraction of sp³-hybridized carbons (Fsp3) is 0.435. The lowest BCUT2D eigenvalue weighted by Crippen LogP contribution is -2.40. The molecule has 25 heavy (non-hydrogen) atoms. The molecule has 0 N–H and O–H groups in total. The van der Waals surface area contributed by atoms with Crippen molar-refractivity contribution < 1.29 is 4.79 Å². The van der Waals surface area contributed by atoms with Gasteiger partial charge in [-0.2, -0.15) is 0 Å². The largest absolute Gasteiger partial charge is 0.332 e. The Labute approximate surface area is 149 Å². The zero-order valence-corrected chi connectivity index (χ0v) is 14.7. The van der Waals surface area contributed by atoms with Crippen LogP contribution < -0.4 is 0 Å². The quantitative estimate of drug-likeness (QED) is 0.792. The second-order valence-electron chi connectivity index (χ2n) is 7.87. The number of rotatable bonds is 3. The van der Waals surface area contributed by atoms with Gasteiger partial charge < -0.3 is 4.90 Å². The first kappa shape index (κ1) is 15.2. The standard InChI is InChI=1S/C23H25NO/c25-23(21-11-5-8-16-6-1-3-9-19(16)21)24(18-13-14-18)22-15-12-17-7-2-4-10-20(17)22/h1-4,6-7,9-10,18,21-22H,5,8,11-15H2/t21-,22+/m0/s1. The highest BCUT2D eigenvalue weighted by molar-refractivity contribution is 5.85. The number of amides is 1. The third-order valence-electron chi connectivity index (χ3n) is 6.30. The smallest absolute Gasteiger partial charge is 0.230 e. The van der Waals surface area contributed by atoms with Crippen LogP contribution in [0.25, 0.3) is 0 Å². The summed E-state index contributed by atoms with van der Waals surface area (Å²) in [5.74, 6) is 0.453. The van der Waals surface area contributed by atoms with Gasteiger partial charge >= 0.3 is 0 Å². The van der Waals surface area contributed by atoms with E-state index in [1.165, 1.54) is 35.1 Å². The first-order valence-electron chi connectivity index (χ1n) is 9.80. The van der Waals surface area contributed by atoms with Crippen molar-refractivity contribution in [1.82, 2.24) is 4.90 Å². The number of benzene rings is 2. The lowest BCUT2D eigenvalue weighted by Gasteiger charge is -2.35. The Kier molecular flexibility index (Phi) is 3.65. The highest BCUT2D eigenvalue weighted by Crippen LogP contribution is 2.44. The van der Waals surface area contributed by atoms with Crippen LogP contribution in [0.15, 0.2) is 48.5 Å². The average molecular weight is 331 g/mol. The Morgan fingerprint density at radius 1 is 0.800 bits per heavy atom. The third-order valence-corrected chi connectivity index (χ3v) is 6.30. The van der Waals surface area contributed by atoms with E-state index >= 15 is 0 Å². The Morgan fingerprint density at radius 2 is 1.48 bits per heavy atom. The molecular formula is C23H25NO. The van der Waals surface area contributed by atoms with Crippen molar-refractivity contribution >= 4 is 5.91 Å². The number of hydrogen-bond donors (Lipinski definition) is 0. The van der Waals surface area contributed by atoms with E-state index in [1.54, 1.807) is 0 Å². The van der Waals surface area contributed by atoms with Gasteiger partial charge in [0.05, 0.1) is 12.0 Å². The maximum atomic E-state index is 13.7. The van der Waals surface area contributed by atoms with E-state index in [0.29, 0.717) is 18.0 Å². The minimum absolute atomic E-state index is 0.0679. The molecule has 5 rings (SSSR count). The molecule has 2 atom stereocenters. The maximum absolute atomic E-state index is 13.7. The SMILES string of the molecule is O=C([C@H]1CCCc2ccccc21)N(C1CC1)[C@@H]1CCc2ccccc21. The average Bonchev–Trinajstić information content (AvgIpc) is 3.41. The monoisotopic (exact) mass is 331 g/mol. The zero-order valence-electron chi connectivity index (χ0n) is 14.7. The lowest BCUT2D eigenvalue weighted by atomic mass is 9.81. The van der Waals surface area contributed by atoms with E-state index in [4.69, 9.17) is 0 Å². The molecule has 128 valence electrons. The van der Waals surface area contributed by atoms with Crippen molar-refractivity contribution in [3.63, 3.8) is 0 Å². The molecule has 2 heteroatoms. The van der Waals surface area contributed by atoms with Crippen LogP contribution >= 0.6 is 0 Å². The number of fused-ring (bicyclic) bond motifs is 2. The van der Waals surface area contributed by atoms with Crippen molar-refractivity contribution in [3.8, 4) is 0 Å². The van der Waals surface area contributed by atoms with E-state index in [9.17, 15) is 4.79 Å². The van der Waals surface area contributed by atoms with Gasteiger partial charge in [0.15, 0.2) is 0 Å². The molecule has 3 aliphatic carbocycles. The van der Waals surface area contributed by atoms with Gasteiger partial charge in [0.25, 0.3) is 0 Å². The van der Waals surface area contributed by atoms with Crippen molar-refractivity contribution in [2.75, 3.05) is 0 Å². The van der Waals surface area contributed by atoms with Gasteiger partial charge in [-0.3, -0.25) is 4.79 Å². The summed E-state index contributed by atoms with van der Waals surface area (Å²) in [4.78, 5) is 16.0. The van der Waals surface area contributed by atoms with Crippen LogP contribution in [0.4, 0.5) is 0 Å². The van der Waals surface area contributed by atoms with Gasteiger partial charge in [0.2, 0.25) is 5.91 Å². The topological polar surface area (TPSA) is 20.3 Å². The molecule has 0 saturated heterocycles. The molecule has 0 radical (unpaired) electrons. The minimum Gasteiger partial charge on any atom is -0.332 e. The fourth-order valence-electron chi connectivity index (χ4n) is 4.95. The predicted molar refractivity (Wildman–Crippen MR) is 99.5 cm³/mol. The molecule has 1 fully saturated rings. The van der Waals surface area contributed by atoms with E-state index < -0.39 is 0 Å². The normalized spacial score (nSPS) is 24.5. The highest BCUT2D eigenvalue weighted by atomic mass is 16.2. The van der Waals surface area contributed by atoms with E-state index in [-0.39, 0.29) is 5.92 Å². The minimum atomic E-state index is 0.0679. The number of carbonyl (C=O) groups excluding carboxylic acids is 1. The first-order chi connectivity index (χ1) is 12.3. The molecule has 0 aromatic heterocycles. The fourth-order valence-corrected chi connectivity index (χ4v) is 4.95. The van der Waals surface area contributed by atoms with Crippen LogP contribution in [0, 0.1) is 0 Å². The molecule has 1 saturated carbocycles. The van der Waals surface area contributed by atoms with E-state index in [0.717, 1.165) is 32.1 Å². The highest BCUT2D eigenvalue weighted by Gasteiger charge is 2.43. The number of hydrogen-bond acceptors (Lipinski definition) is 1. The lowest BCUT2D eigenvalue weighted by molar-refractivity contribution is -0.136. The summed E-state index contributed by atoms with van der Waals surface area (Å²) in [6.07, 6.45) is 7.82. The van der Waals surface area contributed by atoms with Crippen molar-refractivity contribution in [2.24, 2.45) is 0 Å². The summed E-state index contributed by atoms with van der Waals surface area (Å²) in [6.45, 7) is 0. The molecule has 2 nitrogen and oxygen atoms in total. The van der Waals surface area contributed by atoms with Crippen LogP contribution in [0.5, 0.6) is 0 Å². The Balaban J connectivity index is 1.49. The number of aryl methyl sites for hydroxylation is 2. The van der Waals surface area contributed by atoms with Gasteiger partial charge in [-0.25, -0.2) is 0 Å². The summed E-state index contributed by atoms with van der Waals surface area (Å²) in [5, 5.41) is 0. The Bertz CT molecular complexity index is 807. The molecule has 2 aromatic rings. The molecule has 0 unspecified atom stereocenters. The molecule has 1 amide bonds. The first-order valence-corrected chi connectivity index (χ1v) is 9.80. The van der Waals surface area contributed by atoms with Crippen molar-refractivity contribution in [1.29, 1.82) is 0 Å². The summed E-state index contributed by atoms with van der Waals surface area (Å²) in [7, 11) is 0. The molecule has 0 aliphatic heterocycles. The number of carbonyl (C=O) groups is 1. The third kappa shape index (κ3) is 2.59. The molecule has 0 heterocycles. The Hall–Kier alpha value is -2.09. The van der Waals surface area contributed by atoms with Gasteiger partial charge in [-0.05, 0) is 67.2 Å². The van der Waals surface area contributed by atoms with Crippen molar-refractivity contribution in [2.45, 2.75) is 62.9 Å². The summed E-state index contributed by atoms with van der Waals surface area (Å²) < 4.78 is 0.